The average Bonchev–Trinajstić information content (AvgIpc) is 3.03. The Morgan fingerprint density at radius 1 is 1.26 bits per heavy atom. The number of hydrogen-bond acceptors (Lipinski definition) is 6. The lowest BCUT2D eigenvalue weighted by Gasteiger charge is -2.22. The second kappa shape index (κ2) is 7.06. The van der Waals surface area contributed by atoms with E-state index in [1.165, 1.54) is 11.8 Å². The van der Waals surface area contributed by atoms with Crippen LogP contribution in [0.3, 0.4) is 0 Å². The molecule has 1 aromatic carbocycles. The summed E-state index contributed by atoms with van der Waals surface area (Å²) in [6.45, 7) is 2.00. The SMILES string of the molecule is C[C@@H](c1nc2ccccc2s1)N(C)C(=O)CSc1ncccn1. The Labute approximate surface area is 142 Å². The van der Waals surface area contributed by atoms with E-state index in [1.807, 2.05) is 38.2 Å². The summed E-state index contributed by atoms with van der Waals surface area (Å²) in [6.07, 6.45) is 3.35. The largest absolute Gasteiger partial charge is 0.336 e. The summed E-state index contributed by atoms with van der Waals surface area (Å²) >= 11 is 2.97. The molecule has 0 aliphatic heterocycles. The minimum Gasteiger partial charge on any atom is -0.336 e. The van der Waals surface area contributed by atoms with Crippen LogP contribution < -0.4 is 0 Å². The Morgan fingerprint density at radius 2 is 2.00 bits per heavy atom. The summed E-state index contributed by atoms with van der Waals surface area (Å²) in [4.78, 5) is 27.0. The number of amides is 1. The Kier molecular flexibility index (Phi) is 4.88. The fourth-order valence-corrected chi connectivity index (χ4v) is 3.83. The van der Waals surface area contributed by atoms with Gasteiger partial charge in [-0.05, 0) is 25.1 Å². The number of thioether (sulfide) groups is 1. The number of fused-ring (bicyclic) bond motifs is 1. The molecule has 0 N–H and O–H groups in total. The molecule has 0 radical (unpaired) electrons. The van der Waals surface area contributed by atoms with Gasteiger partial charge in [-0.1, -0.05) is 23.9 Å². The summed E-state index contributed by atoms with van der Waals surface area (Å²) in [7, 11) is 1.81. The number of carbonyl (C=O) groups excluding carboxylic acids is 1. The van der Waals surface area contributed by atoms with Crippen LogP contribution in [0.2, 0.25) is 0 Å². The standard InChI is InChI=1S/C16H16N4OS2/c1-11(15-19-12-6-3-4-7-13(12)23-15)20(2)14(21)10-22-16-17-8-5-9-18-16/h3-9,11H,10H2,1-2H3/t11-/m0/s1. The molecule has 0 saturated heterocycles. The Bertz CT molecular complexity index is 773. The topological polar surface area (TPSA) is 59.0 Å². The second-order valence-corrected chi connectivity index (χ2v) is 7.03. The van der Waals surface area contributed by atoms with Gasteiger partial charge >= 0.3 is 0 Å². The van der Waals surface area contributed by atoms with Gasteiger partial charge in [-0.2, -0.15) is 0 Å². The number of nitrogens with zero attached hydrogens (tertiary/aromatic N) is 4. The fourth-order valence-electron chi connectivity index (χ4n) is 2.04. The maximum Gasteiger partial charge on any atom is 0.233 e. The van der Waals surface area contributed by atoms with Gasteiger partial charge in [0.15, 0.2) is 5.16 Å². The highest BCUT2D eigenvalue weighted by Crippen LogP contribution is 2.29. The van der Waals surface area contributed by atoms with Crippen LogP contribution in [-0.4, -0.2) is 38.6 Å². The van der Waals surface area contributed by atoms with Crippen molar-refractivity contribution in [3.63, 3.8) is 0 Å². The average molecular weight is 344 g/mol. The smallest absolute Gasteiger partial charge is 0.233 e. The molecule has 5 nitrogen and oxygen atoms in total. The zero-order chi connectivity index (χ0) is 16.2. The molecule has 2 heterocycles. The summed E-state index contributed by atoms with van der Waals surface area (Å²) < 4.78 is 1.14. The van der Waals surface area contributed by atoms with Gasteiger partial charge in [0, 0.05) is 19.4 Å². The molecule has 7 heteroatoms. The lowest BCUT2D eigenvalue weighted by Crippen LogP contribution is -2.31. The van der Waals surface area contributed by atoms with E-state index in [4.69, 9.17) is 0 Å². The van der Waals surface area contributed by atoms with Crippen LogP contribution >= 0.6 is 23.1 Å². The van der Waals surface area contributed by atoms with Crippen molar-refractivity contribution < 1.29 is 4.79 Å². The van der Waals surface area contributed by atoms with E-state index in [2.05, 4.69) is 15.0 Å². The quantitative estimate of drug-likeness (QED) is 0.524. The zero-order valence-corrected chi connectivity index (χ0v) is 14.5. The summed E-state index contributed by atoms with van der Waals surface area (Å²) in [6, 6.07) is 9.72. The minimum absolute atomic E-state index is 0.0363. The third-order valence-corrected chi connectivity index (χ3v) is 5.58. The highest BCUT2D eigenvalue weighted by Gasteiger charge is 2.20. The predicted molar refractivity (Wildman–Crippen MR) is 93.6 cm³/mol. The molecule has 0 aliphatic carbocycles. The Hall–Kier alpha value is -1.99. The molecule has 0 bridgehead atoms. The van der Waals surface area contributed by atoms with Crippen molar-refractivity contribution in [1.82, 2.24) is 19.9 Å². The minimum atomic E-state index is -0.0582. The lowest BCUT2D eigenvalue weighted by atomic mass is 10.3. The Balaban J connectivity index is 1.66. The monoisotopic (exact) mass is 344 g/mol. The van der Waals surface area contributed by atoms with Crippen LogP contribution in [0.4, 0.5) is 0 Å². The number of hydrogen-bond donors (Lipinski definition) is 0. The van der Waals surface area contributed by atoms with E-state index in [-0.39, 0.29) is 11.9 Å². The van der Waals surface area contributed by atoms with Crippen LogP contribution in [0, 0.1) is 0 Å². The third-order valence-electron chi connectivity index (χ3n) is 3.51. The van der Waals surface area contributed by atoms with Gasteiger partial charge in [-0.15, -0.1) is 11.3 Å². The molecule has 118 valence electrons. The molecular weight excluding hydrogens is 328 g/mol. The normalized spacial score (nSPS) is 12.3. The van der Waals surface area contributed by atoms with E-state index < -0.39 is 0 Å². The molecule has 0 aliphatic rings. The summed E-state index contributed by atoms with van der Waals surface area (Å²) in [5, 5.41) is 1.56. The van der Waals surface area contributed by atoms with Gasteiger partial charge in [-0.3, -0.25) is 4.79 Å². The van der Waals surface area contributed by atoms with Crippen molar-refractivity contribution in [3.8, 4) is 0 Å². The third kappa shape index (κ3) is 3.68. The van der Waals surface area contributed by atoms with Gasteiger partial charge in [0.25, 0.3) is 0 Å². The number of carbonyl (C=O) groups is 1. The van der Waals surface area contributed by atoms with Crippen LogP contribution in [0.1, 0.15) is 18.0 Å². The van der Waals surface area contributed by atoms with Gasteiger partial charge < -0.3 is 4.90 Å². The molecule has 0 saturated carbocycles. The molecule has 0 unspecified atom stereocenters. The number of thiazole rings is 1. The van der Waals surface area contributed by atoms with E-state index in [0.717, 1.165) is 15.2 Å². The summed E-state index contributed by atoms with van der Waals surface area (Å²) in [5.74, 6) is 0.352. The van der Waals surface area contributed by atoms with E-state index >= 15 is 0 Å². The van der Waals surface area contributed by atoms with Crippen molar-refractivity contribution in [1.29, 1.82) is 0 Å². The molecule has 1 amide bonds. The highest BCUT2D eigenvalue weighted by atomic mass is 32.2. The predicted octanol–water partition coefficient (Wildman–Crippen LogP) is 3.40. The first-order chi connectivity index (χ1) is 11.1. The van der Waals surface area contributed by atoms with Crippen molar-refractivity contribution in [2.24, 2.45) is 0 Å². The van der Waals surface area contributed by atoms with Crippen molar-refractivity contribution >= 4 is 39.2 Å². The first-order valence-electron chi connectivity index (χ1n) is 7.16. The van der Waals surface area contributed by atoms with Gasteiger partial charge in [0.2, 0.25) is 5.91 Å². The van der Waals surface area contributed by atoms with E-state index in [0.29, 0.717) is 10.9 Å². The molecule has 0 fully saturated rings. The fraction of sp³-hybridized carbons (Fsp3) is 0.250. The molecule has 0 spiro atoms. The van der Waals surface area contributed by atoms with Crippen molar-refractivity contribution in [3.05, 3.63) is 47.7 Å². The van der Waals surface area contributed by atoms with Gasteiger partial charge in [-0.25, -0.2) is 15.0 Å². The Morgan fingerprint density at radius 3 is 2.74 bits per heavy atom. The molecule has 1 atom stereocenters. The number of rotatable bonds is 5. The van der Waals surface area contributed by atoms with Gasteiger partial charge in [0.05, 0.1) is 22.0 Å². The van der Waals surface area contributed by atoms with Crippen LogP contribution in [-0.2, 0) is 4.79 Å². The highest BCUT2D eigenvalue weighted by molar-refractivity contribution is 7.99. The summed E-state index contributed by atoms with van der Waals surface area (Å²) in [5.41, 5.74) is 0.979. The first-order valence-corrected chi connectivity index (χ1v) is 8.96. The molecule has 23 heavy (non-hydrogen) atoms. The molecule has 3 rings (SSSR count). The maximum atomic E-state index is 12.4. The number of para-hydroxylation sites is 1. The zero-order valence-electron chi connectivity index (χ0n) is 12.8. The second-order valence-electron chi connectivity index (χ2n) is 5.02. The van der Waals surface area contributed by atoms with Crippen LogP contribution in [0.5, 0.6) is 0 Å². The van der Waals surface area contributed by atoms with Crippen molar-refractivity contribution in [2.45, 2.75) is 18.1 Å². The number of aromatic nitrogens is 3. The molecular formula is C16H16N4OS2. The lowest BCUT2D eigenvalue weighted by molar-refractivity contribution is -0.128. The number of benzene rings is 1. The first kappa shape index (κ1) is 15.9. The van der Waals surface area contributed by atoms with Gasteiger partial charge in [0.1, 0.15) is 5.01 Å². The maximum absolute atomic E-state index is 12.4. The van der Waals surface area contributed by atoms with E-state index in [9.17, 15) is 4.79 Å². The van der Waals surface area contributed by atoms with Crippen molar-refractivity contribution in [2.75, 3.05) is 12.8 Å². The van der Waals surface area contributed by atoms with Crippen LogP contribution in [0.15, 0.2) is 47.9 Å². The van der Waals surface area contributed by atoms with Crippen LogP contribution in [0.25, 0.3) is 10.2 Å². The molecule has 3 aromatic rings. The molecule has 2 aromatic heterocycles. The van der Waals surface area contributed by atoms with E-state index in [1.54, 1.807) is 34.7 Å².